The van der Waals surface area contributed by atoms with Gasteiger partial charge in [-0.05, 0) is 0 Å². The van der Waals surface area contributed by atoms with Crippen LogP contribution >= 0.6 is 0 Å². The van der Waals surface area contributed by atoms with Crippen molar-refractivity contribution in [3.8, 4) is 0 Å². The fourth-order valence-electron chi connectivity index (χ4n) is 0.518. The lowest BCUT2D eigenvalue weighted by Gasteiger charge is -2.01. The molecule has 0 aliphatic carbocycles. The van der Waals surface area contributed by atoms with Crippen molar-refractivity contribution in [2.45, 2.75) is 6.10 Å². The van der Waals surface area contributed by atoms with Crippen LogP contribution in [-0.2, 0) is 9.53 Å². The van der Waals surface area contributed by atoms with Gasteiger partial charge in [-0.15, -0.1) is 0 Å². The second-order valence-corrected chi connectivity index (χ2v) is 1.58. The van der Waals surface area contributed by atoms with E-state index in [4.69, 9.17) is 10.8 Å². The predicted molar refractivity (Wildman–Crippen MR) is 28.6 cm³/mol. The van der Waals surface area contributed by atoms with Gasteiger partial charge in [0.15, 0.2) is 0 Å². The largest absolute Gasteiger partial charge is 0.449 e. The van der Waals surface area contributed by atoms with Gasteiger partial charge in [0.2, 0.25) is 6.10 Å². The molecule has 0 spiro atoms. The summed E-state index contributed by atoms with van der Waals surface area (Å²) in [6.45, 7) is -0.372. The summed E-state index contributed by atoms with van der Waals surface area (Å²) in [6.07, 6.45) is -0.870. The average Bonchev–Trinajstić information content (AvgIpc) is 2.10. The lowest BCUT2D eigenvalue weighted by Crippen LogP contribution is -2.23. The van der Waals surface area contributed by atoms with Gasteiger partial charge < -0.3 is 15.6 Å². The van der Waals surface area contributed by atoms with E-state index in [-0.39, 0.29) is 12.6 Å². The van der Waals surface area contributed by atoms with Crippen molar-refractivity contribution in [3.63, 3.8) is 0 Å². The molecule has 0 radical (unpaired) electrons. The van der Waals surface area contributed by atoms with Crippen molar-refractivity contribution >= 4 is 11.9 Å². The molecule has 1 atom stereocenters. The van der Waals surface area contributed by atoms with Crippen LogP contribution in [0.2, 0.25) is 0 Å². The van der Waals surface area contributed by atoms with Gasteiger partial charge in [-0.3, -0.25) is 4.79 Å². The molecule has 1 unspecified atom stereocenters. The Morgan fingerprint density at radius 1 is 1.89 bits per heavy atom. The Bertz CT molecular complexity index is 165. The number of amidine groups is 1. The Balaban J connectivity index is 2.60. The first-order valence-corrected chi connectivity index (χ1v) is 2.39. The average molecular weight is 130 g/mol. The highest BCUT2D eigenvalue weighted by molar-refractivity contribution is 5.97. The summed E-state index contributed by atoms with van der Waals surface area (Å²) >= 11 is 0. The summed E-state index contributed by atoms with van der Waals surface area (Å²) in [6, 6.07) is -0.168. The monoisotopic (exact) mass is 130 g/mol. The van der Waals surface area contributed by atoms with E-state index in [2.05, 4.69) is 9.73 Å². The van der Waals surface area contributed by atoms with E-state index in [9.17, 15) is 4.79 Å². The van der Waals surface area contributed by atoms with Crippen molar-refractivity contribution in [2.75, 3.05) is 6.61 Å². The van der Waals surface area contributed by atoms with Crippen molar-refractivity contribution in [1.29, 1.82) is 0 Å². The maximum atomic E-state index is 10.5. The maximum absolute atomic E-state index is 10.5. The zero-order valence-electron chi connectivity index (χ0n) is 4.57. The first kappa shape index (κ1) is 6.03. The molecule has 1 aliphatic rings. The minimum Gasteiger partial charge on any atom is -0.449 e. The Morgan fingerprint density at radius 2 is 2.56 bits per heavy atom. The smallest absolute Gasteiger partial charge is 0.293 e. The van der Waals surface area contributed by atoms with Crippen molar-refractivity contribution in [2.24, 2.45) is 10.7 Å². The van der Waals surface area contributed by atoms with E-state index in [1.165, 1.54) is 0 Å². The Labute approximate surface area is 51.1 Å². The molecule has 0 aromatic rings. The number of carbonyl (C=O) groups is 1. The number of hydrogen-bond acceptors (Lipinski definition) is 4. The van der Waals surface area contributed by atoms with Gasteiger partial charge in [0.25, 0.3) is 11.9 Å². The minimum atomic E-state index is -0.870. The lowest BCUT2D eigenvalue weighted by molar-refractivity contribution is -0.124. The summed E-state index contributed by atoms with van der Waals surface area (Å²) in [5, 5.41) is 8.38. The second-order valence-electron chi connectivity index (χ2n) is 1.58. The SMILES string of the molecule is NC1=NC(=O)C(CO)O1. The molecule has 0 fully saturated rings. The van der Waals surface area contributed by atoms with E-state index >= 15 is 0 Å². The van der Waals surface area contributed by atoms with Gasteiger partial charge in [0.05, 0.1) is 6.61 Å². The third kappa shape index (κ3) is 0.996. The van der Waals surface area contributed by atoms with Crippen LogP contribution in [0.1, 0.15) is 0 Å². The van der Waals surface area contributed by atoms with E-state index in [0.29, 0.717) is 0 Å². The summed E-state index contributed by atoms with van der Waals surface area (Å²) in [5.74, 6) is -0.519. The molecule has 0 saturated carbocycles. The van der Waals surface area contributed by atoms with Crippen LogP contribution in [-0.4, -0.2) is 29.7 Å². The molecule has 1 aliphatic heterocycles. The van der Waals surface area contributed by atoms with Crippen LogP contribution in [0.4, 0.5) is 0 Å². The first-order valence-electron chi connectivity index (χ1n) is 2.39. The van der Waals surface area contributed by atoms with Gasteiger partial charge in [-0.2, -0.15) is 4.99 Å². The molecular weight excluding hydrogens is 124 g/mol. The first-order chi connectivity index (χ1) is 4.24. The third-order valence-corrected chi connectivity index (χ3v) is 0.925. The van der Waals surface area contributed by atoms with Crippen LogP contribution in [0.25, 0.3) is 0 Å². The Hall–Kier alpha value is -1.10. The number of aliphatic imine (C=N–C) groups is 1. The summed E-state index contributed by atoms with van der Waals surface area (Å²) in [7, 11) is 0. The number of ether oxygens (including phenoxy) is 1. The summed E-state index contributed by atoms with van der Waals surface area (Å²) < 4.78 is 4.55. The van der Waals surface area contributed by atoms with Crippen LogP contribution in [0.3, 0.4) is 0 Å². The molecule has 50 valence electrons. The number of aliphatic hydroxyl groups excluding tert-OH is 1. The zero-order chi connectivity index (χ0) is 6.85. The fourth-order valence-corrected chi connectivity index (χ4v) is 0.518. The zero-order valence-corrected chi connectivity index (χ0v) is 4.57. The van der Waals surface area contributed by atoms with E-state index in [1.807, 2.05) is 0 Å². The van der Waals surface area contributed by atoms with Crippen molar-refractivity contribution < 1.29 is 14.6 Å². The van der Waals surface area contributed by atoms with Crippen LogP contribution in [0.5, 0.6) is 0 Å². The Morgan fingerprint density at radius 3 is 2.78 bits per heavy atom. The summed E-state index contributed by atoms with van der Waals surface area (Å²) in [4.78, 5) is 13.7. The molecule has 0 bridgehead atoms. The highest BCUT2D eigenvalue weighted by Crippen LogP contribution is 2.01. The van der Waals surface area contributed by atoms with Crippen LogP contribution < -0.4 is 5.73 Å². The maximum Gasteiger partial charge on any atom is 0.293 e. The predicted octanol–water partition coefficient (Wildman–Crippen LogP) is -1.78. The summed E-state index contributed by atoms with van der Waals surface area (Å²) in [5.41, 5.74) is 4.99. The third-order valence-electron chi connectivity index (χ3n) is 0.925. The molecule has 5 heteroatoms. The molecule has 9 heavy (non-hydrogen) atoms. The van der Waals surface area contributed by atoms with Gasteiger partial charge in [0.1, 0.15) is 0 Å². The van der Waals surface area contributed by atoms with Gasteiger partial charge in [-0.25, -0.2) is 0 Å². The number of nitrogens with two attached hydrogens (primary N) is 1. The number of rotatable bonds is 1. The quantitative estimate of drug-likeness (QED) is 0.439. The van der Waals surface area contributed by atoms with Crippen LogP contribution in [0, 0.1) is 0 Å². The van der Waals surface area contributed by atoms with E-state index < -0.39 is 12.0 Å². The van der Waals surface area contributed by atoms with Crippen LogP contribution in [0.15, 0.2) is 4.99 Å². The van der Waals surface area contributed by atoms with Gasteiger partial charge in [0, 0.05) is 0 Å². The Kier molecular flexibility index (Phi) is 1.35. The number of nitrogens with zero attached hydrogens (tertiary/aromatic N) is 1. The highest BCUT2D eigenvalue weighted by Gasteiger charge is 2.26. The molecular formula is C4H6N2O3. The molecule has 1 rings (SSSR count). The second kappa shape index (κ2) is 2.02. The number of hydrogen-bond donors (Lipinski definition) is 2. The van der Waals surface area contributed by atoms with E-state index in [1.54, 1.807) is 0 Å². The number of aliphatic hydroxyl groups is 1. The molecule has 1 heterocycles. The molecule has 1 amide bonds. The number of amides is 1. The molecule has 0 saturated heterocycles. The standard InChI is InChI=1S/C4H6N2O3/c5-4-6-3(8)2(1-7)9-4/h2,7H,1H2,(H2,5,6,8). The number of carbonyl (C=O) groups excluding carboxylic acids is 1. The molecule has 3 N–H and O–H groups in total. The van der Waals surface area contributed by atoms with Gasteiger partial charge >= 0.3 is 0 Å². The van der Waals surface area contributed by atoms with Crippen molar-refractivity contribution in [3.05, 3.63) is 0 Å². The fraction of sp³-hybridized carbons (Fsp3) is 0.500. The normalized spacial score (nSPS) is 25.7. The molecule has 0 aromatic carbocycles. The highest BCUT2D eigenvalue weighted by atomic mass is 16.5. The van der Waals surface area contributed by atoms with E-state index in [0.717, 1.165) is 0 Å². The molecule has 5 nitrogen and oxygen atoms in total. The minimum absolute atomic E-state index is 0.168. The topological polar surface area (TPSA) is 84.9 Å². The van der Waals surface area contributed by atoms with Crippen molar-refractivity contribution in [1.82, 2.24) is 0 Å². The molecule has 0 aromatic heterocycles. The lowest BCUT2D eigenvalue weighted by atomic mass is 10.4. The van der Waals surface area contributed by atoms with Gasteiger partial charge in [-0.1, -0.05) is 0 Å².